The first-order chi connectivity index (χ1) is 13.2. The van der Waals surface area contributed by atoms with E-state index in [0.717, 1.165) is 17.0 Å². The van der Waals surface area contributed by atoms with Gasteiger partial charge in [0, 0.05) is 11.3 Å². The zero-order valence-corrected chi connectivity index (χ0v) is 16.1. The standard InChI is InChI=1S/C20H21N3O3S/c1-3-25-17-12-10-15(11-13-17)19-21-22-20(27-14-18(24)26-4-2)23(19)16-8-6-5-7-9-16/h5-13H,3-4,14H2,1-2H3. The van der Waals surface area contributed by atoms with Crippen molar-refractivity contribution in [2.75, 3.05) is 19.0 Å². The van der Waals surface area contributed by atoms with Crippen molar-refractivity contribution in [2.24, 2.45) is 0 Å². The molecular weight excluding hydrogens is 362 g/mol. The number of esters is 1. The molecular formula is C20H21N3O3S. The number of hydrogen-bond acceptors (Lipinski definition) is 6. The highest BCUT2D eigenvalue weighted by Gasteiger charge is 2.17. The van der Waals surface area contributed by atoms with Crippen molar-refractivity contribution in [3.63, 3.8) is 0 Å². The molecule has 0 unspecified atom stereocenters. The Balaban J connectivity index is 1.95. The van der Waals surface area contributed by atoms with Crippen LogP contribution in [0.15, 0.2) is 59.8 Å². The first-order valence-corrected chi connectivity index (χ1v) is 9.74. The maximum absolute atomic E-state index is 11.7. The lowest BCUT2D eigenvalue weighted by Gasteiger charge is -2.10. The van der Waals surface area contributed by atoms with Gasteiger partial charge in [-0.3, -0.25) is 9.36 Å². The Hall–Kier alpha value is -2.80. The normalized spacial score (nSPS) is 10.6. The highest BCUT2D eigenvalue weighted by atomic mass is 32.2. The minimum atomic E-state index is -0.271. The van der Waals surface area contributed by atoms with Crippen molar-refractivity contribution in [1.29, 1.82) is 0 Å². The van der Waals surface area contributed by atoms with Gasteiger partial charge in [0.1, 0.15) is 5.75 Å². The van der Waals surface area contributed by atoms with Gasteiger partial charge >= 0.3 is 5.97 Å². The molecule has 0 N–H and O–H groups in total. The third-order valence-corrected chi connectivity index (χ3v) is 4.60. The van der Waals surface area contributed by atoms with Crippen molar-refractivity contribution in [2.45, 2.75) is 19.0 Å². The van der Waals surface area contributed by atoms with E-state index in [-0.39, 0.29) is 11.7 Å². The lowest BCUT2D eigenvalue weighted by molar-refractivity contribution is -0.139. The molecule has 0 saturated heterocycles. The number of thioether (sulfide) groups is 1. The molecule has 3 aromatic rings. The molecule has 1 aromatic heterocycles. The molecule has 0 aliphatic heterocycles. The molecule has 0 aliphatic rings. The van der Waals surface area contributed by atoms with Crippen molar-refractivity contribution >= 4 is 17.7 Å². The summed E-state index contributed by atoms with van der Waals surface area (Å²) in [4.78, 5) is 11.7. The molecule has 0 spiro atoms. The molecule has 0 saturated carbocycles. The zero-order chi connectivity index (χ0) is 19.1. The summed E-state index contributed by atoms with van der Waals surface area (Å²) in [7, 11) is 0. The largest absolute Gasteiger partial charge is 0.494 e. The average Bonchev–Trinajstić information content (AvgIpc) is 3.12. The number of benzene rings is 2. The fraction of sp³-hybridized carbons (Fsp3) is 0.250. The average molecular weight is 383 g/mol. The minimum Gasteiger partial charge on any atom is -0.494 e. The van der Waals surface area contributed by atoms with Crippen LogP contribution in [0.5, 0.6) is 5.75 Å². The molecule has 140 valence electrons. The van der Waals surface area contributed by atoms with Crippen molar-refractivity contribution < 1.29 is 14.3 Å². The Kier molecular flexibility index (Phi) is 6.49. The second-order valence-electron chi connectivity index (χ2n) is 5.53. The van der Waals surface area contributed by atoms with E-state index in [1.54, 1.807) is 6.92 Å². The van der Waals surface area contributed by atoms with E-state index < -0.39 is 0 Å². The van der Waals surface area contributed by atoms with Crippen LogP contribution in [0, 0.1) is 0 Å². The van der Waals surface area contributed by atoms with Crippen LogP contribution in [0.25, 0.3) is 17.1 Å². The summed E-state index contributed by atoms with van der Waals surface area (Å²) >= 11 is 1.31. The van der Waals surface area contributed by atoms with Crippen LogP contribution in [0.1, 0.15) is 13.8 Å². The van der Waals surface area contributed by atoms with E-state index in [1.807, 2.05) is 66.1 Å². The first-order valence-electron chi connectivity index (χ1n) is 8.75. The molecule has 1 heterocycles. The molecule has 6 nitrogen and oxygen atoms in total. The topological polar surface area (TPSA) is 66.2 Å². The van der Waals surface area contributed by atoms with Gasteiger partial charge in [0.05, 0.1) is 19.0 Å². The number of ether oxygens (including phenoxy) is 2. The van der Waals surface area contributed by atoms with Crippen LogP contribution < -0.4 is 4.74 Å². The summed E-state index contributed by atoms with van der Waals surface area (Å²) in [5, 5.41) is 9.30. The summed E-state index contributed by atoms with van der Waals surface area (Å²) < 4.78 is 12.5. The van der Waals surface area contributed by atoms with Gasteiger partial charge in [0.25, 0.3) is 0 Å². The maximum Gasteiger partial charge on any atom is 0.316 e. The van der Waals surface area contributed by atoms with Crippen LogP contribution in [0.4, 0.5) is 0 Å². The van der Waals surface area contributed by atoms with Crippen LogP contribution in [-0.4, -0.2) is 39.7 Å². The van der Waals surface area contributed by atoms with Crippen molar-refractivity contribution in [3.05, 3.63) is 54.6 Å². The lowest BCUT2D eigenvalue weighted by atomic mass is 10.2. The second kappa shape index (κ2) is 9.23. The SMILES string of the molecule is CCOC(=O)CSc1nnc(-c2ccc(OCC)cc2)n1-c1ccccc1. The van der Waals surface area contributed by atoms with Gasteiger partial charge in [0.2, 0.25) is 0 Å². The number of aromatic nitrogens is 3. The van der Waals surface area contributed by atoms with Gasteiger partial charge in [-0.1, -0.05) is 30.0 Å². The molecule has 0 amide bonds. The Morgan fingerprint density at radius 2 is 1.74 bits per heavy atom. The van der Waals surface area contributed by atoms with Gasteiger partial charge < -0.3 is 9.47 Å². The number of carbonyl (C=O) groups is 1. The molecule has 7 heteroatoms. The Morgan fingerprint density at radius 1 is 1.00 bits per heavy atom. The fourth-order valence-electron chi connectivity index (χ4n) is 2.55. The lowest BCUT2D eigenvalue weighted by Crippen LogP contribution is -2.08. The van der Waals surface area contributed by atoms with E-state index in [4.69, 9.17) is 9.47 Å². The number of para-hydroxylation sites is 1. The number of rotatable bonds is 8. The summed E-state index contributed by atoms with van der Waals surface area (Å²) in [5.41, 5.74) is 1.84. The molecule has 0 aliphatic carbocycles. The Labute approximate surface area is 162 Å². The van der Waals surface area contributed by atoms with Crippen LogP contribution in [-0.2, 0) is 9.53 Å². The van der Waals surface area contributed by atoms with Gasteiger partial charge in [-0.2, -0.15) is 0 Å². The van der Waals surface area contributed by atoms with Gasteiger partial charge in [-0.05, 0) is 50.2 Å². The zero-order valence-electron chi connectivity index (χ0n) is 15.3. The first kappa shape index (κ1) is 19.0. The van der Waals surface area contributed by atoms with E-state index in [2.05, 4.69) is 10.2 Å². The Morgan fingerprint density at radius 3 is 2.41 bits per heavy atom. The van der Waals surface area contributed by atoms with Crippen LogP contribution >= 0.6 is 11.8 Å². The van der Waals surface area contributed by atoms with Gasteiger partial charge in [-0.25, -0.2) is 0 Å². The second-order valence-corrected chi connectivity index (χ2v) is 6.47. The van der Waals surface area contributed by atoms with Gasteiger partial charge in [-0.15, -0.1) is 10.2 Å². The molecule has 0 radical (unpaired) electrons. The molecule has 2 aromatic carbocycles. The molecule has 27 heavy (non-hydrogen) atoms. The number of carbonyl (C=O) groups excluding carboxylic acids is 1. The van der Waals surface area contributed by atoms with Crippen LogP contribution in [0.2, 0.25) is 0 Å². The highest BCUT2D eigenvalue weighted by Crippen LogP contribution is 2.29. The third-order valence-electron chi connectivity index (χ3n) is 3.70. The molecule has 0 bridgehead atoms. The monoisotopic (exact) mass is 383 g/mol. The van der Waals surface area contributed by atoms with E-state index >= 15 is 0 Å². The third kappa shape index (κ3) is 4.68. The quantitative estimate of drug-likeness (QED) is 0.433. The number of hydrogen-bond donors (Lipinski definition) is 0. The summed E-state index contributed by atoms with van der Waals surface area (Å²) in [6, 6.07) is 17.6. The van der Waals surface area contributed by atoms with E-state index in [1.165, 1.54) is 11.8 Å². The minimum absolute atomic E-state index is 0.183. The van der Waals surface area contributed by atoms with Gasteiger partial charge in [0.15, 0.2) is 11.0 Å². The van der Waals surface area contributed by atoms with Crippen molar-refractivity contribution in [1.82, 2.24) is 14.8 Å². The highest BCUT2D eigenvalue weighted by molar-refractivity contribution is 7.99. The van der Waals surface area contributed by atoms with Crippen LogP contribution in [0.3, 0.4) is 0 Å². The maximum atomic E-state index is 11.7. The number of nitrogens with zero attached hydrogens (tertiary/aromatic N) is 3. The predicted molar refractivity (Wildman–Crippen MR) is 105 cm³/mol. The fourth-order valence-corrected chi connectivity index (χ4v) is 3.30. The Bertz CT molecular complexity index is 879. The van der Waals surface area contributed by atoms with Crippen molar-refractivity contribution in [3.8, 4) is 22.8 Å². The smallest absolute Gasteiger partial charge is 0.316 e. The predicted octanol–water partition coefficient (Wildman–Crippen LogP) is 3.99. The molecule has 3 rings (SSSR count). The summed E-state index contributed by atoms with van der Waals surface area (Å²) in [5.74, 6) is 1.43. The molecule has 0 atom stereocenters. The van der Waals surface area contributed by atoms with E-state index in [0.29, 0.717) is 24.2 Å². The van der Waals surface area contributed by atoms with E-state index in [9.17, 15) is 4.79 Å². The summed E-state index contributed by atoms with van der Waals surface area (Å²) in [6.07, 6.45) is 0. The molecule has 0 fully saturated rings. The summed E-state index contributed by atoms with van der Waals surface area (Å²) in [6.45, 7) is 4.72.